The highest BCUT2D eigenvalue weighted by atomic mass is 16.4. The van der Waals surface area contributed by atoms with Crippen molar-refractivity contribution in [1.82, 2.24) is 15.0 Å². The molecule has 4 rings (SSSR count). The van der Waals surface area contributed by atoms with Gasteiger partial charge in [-0.15, -0.1) is 0 Å². The van der Waals surface area contributed by atoms with Crippen LogP contribution < -0.4 is 4.90 Å². The number of carboxylic acid groups (broad SMARTS) is 2. The zero-order chi connectivity index (χ0) is 17.6. The Balaban J connectivity index is 1.85. The number of piperidine rings is 1. The quantitative estimate of drug-likeness (QED) is 0.664. The van der Waals surface area contributed by atoms with Crippen molar-refractivity contribution in [2.45, 2.75) is 6.42 Å². The molecule has 8 nitrogen and oxygen atoms in total. The molecule has 1 aliphatic rings. The summed E-state index contributed by atoms with van der Waals surface area (Å²) < 4.78 is 0. The molecule has 2 atom stereocenters. The number of aromatic amines is 1. The molecule has 1 fully saturated rings. The van der Waals surface area contributed by atoms with Crippen molar-refractivity contribution < 1.29 is 19.8 Å². The third-order valence-electron chi connectivity index (χ3n) is 4.73. The van der Waals surface area contributed by atoms with Crippen molar-refractivity contribution >= 4 is 39.7 Å². The standard InChI is InChI=1S/C17H16N4O4/c22-16(23)9-5-10(17(24)25)7-21(6-9)15-13-11-3-1-2-4-12(11)20-14(13)18-8-19-15/h1-4,8-10H,5-7H2,(H,22,23)(H,24,25)(H,18,19,20). The Morgan fingerprint density at radius 2 is 1.76 bits per heavy atom. The number of benzene rings is 1. The second kappa shape index (κ2) is 5.73. The number of hydrogen-bond acceptors (Lipinski definition) is 5. The Hall–Kier alpha value is -3.16. The number of nitrogens with one attached hydrogen (secondary N) is 1. The average molecular weight is 340 g/mol. The molecule has 0 bridgehead atoms. The van der Waals surface area contributed by atoms with Gasteiger partial charge >= 0.3 is 11.9 Å². The van der Waals surface area contributed by atoms with E-state index in [1.54, 1.807) is 4.90 Å². The van der Waals surface area contributed by atoms with E-state index in [0.717, 1.165) is 16.3 Å². The van der Waals surface area contributed by atoms with E-state index in [-0.39, 0.29) is 19.5 Å². The number of para-hydroxylation sites is 1. The molecule has 1 aliphatic heterocycles. The lowest BCUT2D eigenvalue weighted by atomic mass is 9.89. The monoisotopic (exact) mass is 340 g/mol. The molecule has 3 N–H and O–H groups in total. The Labute approximate surface area is 142 Å². The van der Waals surface area contributed by atoms with Crippen LogP contribution in [0.3, 0.4) is 0 Å². The van der Waals surface area contributed by atoms with Crippen LogP contribution in [-0.4, -0.2) is 50.2 Å². The van der Waals surface area contributed by atoms with E-state index in [0.29, 0.717) is 11.5 Å². The van der Waals surface area contributed by atoms with E-state index >= 15 is 0 Å². The number of hydrogen-bond donors (Lipinski definition) is 3. The summed E-state index contributed by atoms with van der Waals surface area (Å²) in [6, 6.07) is 7.68. The van der Waals surface area contributed by atoms with Gasteiger partial charge in [-0.2, -0.15) is 0 Å². The van der Waals surface area contributed by atoms with E-state index in [4.69, 9.17) is 0 Å². The van der Waals surface area contributed by atoms with E-state index in [1.807, 2.05) is 24.3 Å². The predicted molar refractivity (Wildman–Crippen MR) is 90.5 cm³/mol. The minimum absolute atomic E-state index is 0.128. The number of fused-ring (bicyclic) bond motifs is 3. The lowest BCUT2D eigenvalue weighted by Gasteiger charge is -2.35. The van der Waals surface area contributed by atoms with Crippen LogP contribution in [0.15, 0.2) is 30.6 Å². The summed E-state index contributed by atoms with van der Waals surface area (Å²) in [5.41, 5.74) is 1.55. The van der Waals surface area contributed by atoms with Crippen molar-refractivity contribution in [2.75, 3.05) is 18.0 Å². The number of H-pyrrole nitrogens is 1. The Morgan fingerprint density at radius 1 is 1.08 bits per heavy atom. The molecule has 0 spiro atoms. The Morgan fingerprint density at radius 3 is 2.44 bits per heavy atom. The van der Waals surface area contributed by atoms with Gasteiger partial charge in [0.05, 0.1) is 17.2 Å². The smallest absolute Gasteiger partial charge is 0.308 e. The highest BCUT2D eigenvalue weighted by molar-refractivity contribution is 6.11. The molecule has 8 heteroatoms. The van der Waals surface area contributed by atoms with Gasteiger partial charge in [0.2, 0.25) is 0 Å². The van der Waals surface area contributed by atoms with Gasteiger partial charge in [0.25, 0.3) is 0 Å². The van der Waals surface area contributed by atoms with E-state index in [2.05, 4.69) is 15.0 Å². The van der Waals surface area contributed by atoms with Gasteiger partial charge in [-0.25, -0.2) is 9.97 Å². The van der Waals surface area contributed by atoms with Crippen molar-refractivity contribution in [3.05, 3.63) is 30.6 Å². The molecule has 0 radical (unpaired) electrons. The van der Waals surface area contributed by atoms with Crippen molar-refractivity contribution in [3.63, 3.8) is 0 Å². The molecular weight excluding hydrogens is 324 g/mol. The number of carbonyl (C=O) groups is 2. The van der Waals surface area contributed by atoms with E-state index < -0.39 is 23.8 Å². The second-order valence-corrected chi connectivity index (χ2v) is 6.30. The number of nitrogens with zero attached hydrogens (tertiary/aromatic N) is 3. The maximum absolute atomic E-state index is 11.5. The summed E-state index contributed by atoms with van der Waals surface area (Å²) >= 11 is 0. The number of aromatic nitrogens is 3. The van der Waals surface area contributed by atoms with Gasteiger partial charge in [-0.05, 0) is 12.5 Å². The van der Waals surface area contributed by atoms with Crippen LogP contribution in [0.2, 0.25) is 0 Å². The molecule has 1 aromatic carbocycles. The van der Waals surface area contributed by atoms with Crippen LogP contribution in [0.25, 0.3) is 21.9 Å². The number of aliphatic carboxylic acids is 2. The number of anilines is 1. The fourth-order valence-electron chi connectivity index (χ4n) is 3.53. The zero-order valence-corrected chi connectivity index (χ0v) is 13.2. The number of rotatable bonds is 3. The summed E-state index contributed by atoms with van der Waals surface area (Å²) in [6.45, 7) is 0.454. The van der Waals surface area contributed by atoms with Crippen LogP contribution in [-0.2, 0) is 9.59 Å². The number of carboxylic acids is 2. The first-order valence-electron chi connectivity index (χ1n) is 7.96. The zero-order valence-electron chi connectivity index (χ0n) is 13.2. The maximum atomic E-state index is 11.5. The van der Waals surface area contributed by atoms with Gasteiger partial charge in [0.1, 0.15) is 17.8 Å². The normalized spacial score (nSPS) is 20.9. The van der Waals surface area contributed by atoms with Crippen molar-refractivity contribution in [1.29, 1.82) is 0 Å². The van der Waals surface area contributed by atoms with Gasteiger partial charge in [0, 0.05) is 24.0 Å². The van der Waals surface area contributed by atoms with Gasteiger partial charge in [0.15, 0.2) is 0 Å². The van der Waals surface area contributed by atoms with Crippen LogP contribution in [0.4, 0.5) is 5.82 Å². The summed E-state index contributed by atoms with van der Waals surface area (Å²) in [6.07, 6.45) is 1.54. The summed E-state index contributed by atoms with van der Waals surface area (Å²) in [5.74, 6) is -2.89. The summed E-state index contributed by atoms with van der Waals surface area (Å²) in [7, 11) is 0. The van der Waals surface area contributed by atoms with Crippen LogP contribution in [0.1, 0.15) is 6.42 Å². The minimum atomic E-state index is -0.986. The van der Waals surface area contributed by atoms with Gasteiger partial charge < -0.3 is 20.1 Å². The second-order valence-electron chi connectivity index (χ2n) is 6.30. The average Bonchev–Trinajstić information content (AvgIpc) is 2.99. The highest BCUT2D eigenvalue weighted by Gasteiger charge is 2.36. The lowest BCUT2D eigenvalue weighted by Crippen LogP contribution is -2.46. The largest absolute Gasteiger partial charge is 0.481 e. The van der Waals surface area contributed by atoms with Crippen LogP contribution >= 0.6 is 0 Å². The molecule has 3 aromatic rings. The molecule has 0 saturated carbocycles. The Bertz CT molecular complexity index is 961. The first kappa shape index (κ1) is 15.4. The third kappa shape index (κ3) is 2.55. The molecule has 2 unspecified atom stereocenters. The van der Waals surface area contributed by atoms with E-state index in [9.17, 15) is 19.8 Å². The lowest BCUT2D eigenvalue weighted by molar-refractivity contribution is -0.146. The maximum Gasteiger partial charge on any atom is 0.308 e. The molecule has 2 aromatic heterocycles. The first-order chi connectivity index (χ1) is 12.0. The first-order valence-corrected chi connectivity index (χ1v) is 7.96. The predicted octanol–water partition coefficient (Wildman–Crippen LogP) is 1.72. The molecule has 128 valence electrons. The fourth-order valence-corrected chi connectivity index (χ4v) is 3.53. The van der Waals surface area contributed by atoms with Gasteiger partial charge in [-0.1, -0.05) is 18.2 Å². The summed E-state index contributed by atoms with van der Waals surface area (Å²) in [5, 5.41) is 20.5. The van der Waals surface area contributed by atoms with Gasteiger partial charge in [-0.3, -0.25) is 9.59 Å². The molecule has 25 heavy (non-hydrogen) atoms. The molecule has 0 aliphatic carbocycles. The Kier molecular flexibility index (Phi) is 3.52. The molecule has 0 amide bonds. The molecular formula is C17H16N4O4. The van der Waals surface area contributed by atoms with Crippen molar-refractivity contribution in [2.24, 2.45) is 11.8 Å². The van der Waals surface area contributed by atoms with Crippen molar-refractivity contribution in [3.8, 4) is 0 Å². The SMILES string of the molecule is O=C(O)C1CC(C(=O)O)CN(c2ncnc3[nH]c4ccccc4c23)C1. The van der Waals surface area contributed by atoms with E-state index in [1.165, 1.54) is 6.33 Å². The third-order valence-corrected chi connectivity index (χ3v) is 4.73. The summed E-state index contributed by atoms with van der Waals surface area (Å²) in [4.78, 5) is 36.5. The molecule has 3 heterocycles. The minimum Gasteiger partial charge on any atom is -0.481 e. The van der Waals surface area contributed by atoms with Crippen LogP contribution in [0, 0.1) is 11.8 Å². The fraction of sp³-hybridized carbons (Fsp3) is 0.294. The topological polar surface area (TPSA) is 119 Å². The molecule has 1 saturated heterocycles. The van der Waals surface area contributed by atoms with Crippen LogP contribution in [0.5, 0.6) is 0 Å². The highest BCUT2D eigenvalue weighted by Crippen LogP contribution is 2.34.